The second kappa shape index (κ2) is 10.0. The molecule has 4 fully saturated rings. The van der Waals surface area contributed by atoms with Gasteiger partial charge in [-0.2, -0.15) is 0 Å². The van der Waals surface area contributed by atoms with Crippen LogP contribution in [0, 0.1) is 11.8 Å². The first-order valence-electron chi connectivity index (χ1n) is 13.4. The van der Waals surface area contributed by atoms with Crippen molar-refractivity contribution in [1.29, 1.82) is 0 Å². The number of piperazine rings is 1. The molecule has 2 aromatic carbocycles. The molecular weight excluding hydrogens is 466 g/mol. The number of quaternary nitrogens is 1. The first kappa shape index (κ1) is 23.8. The van der Waals surface area contributed by atoms with Gasteiger partial charge in [0.1, 0.15) is 17.5 Å². The van der Waals surface area contributed by atoms with Crippen LogP contribution in [0.3, 0.4) is 0 Å². The number of aromatic nitrogens is 3. The van der Waals surface area contributed by atoms with Gasteiger partial charge >= 0.3 is 0 Å². The fourth-order valence-electron chi connectivity index (χ4n) is 6.54. The standard InChI is InChI=1S/C28H35N7O2/c1-37-27-8-3-2-7-26(27)32-11-13-33(14-12-32)28(36)24-18-34-10-9-20(24)16-23(34)17-35-19-25(30-31-35)21-5-4-6-22(29)15-21/h2-8,15,19-20,23-24H,9-14,16-18,29H2,1H3/p+1/t20-,23-,24+/m1/s1. The number of methoxy groups -OCH3 is 1. The van der Waals surface area contributed by atoms with E-state index in [2.05, 4.69) is 26.2 Å². The molecule has 0 saturated carbocycles. The zero-order chi connectivity index (χ0) is 25.4. The maximum absolute atomic E-state index is 13.6. The summed E-state index contributed by atoms with van der Waals surface area (Å²) in [6.07, 6.45) is 4.22. The first-order valence-corrected chi connectivity index (χ1v) is 13.4. The predicted molar refractivity (Wildman–Crippen MR) is 142 cm³/mol. The van der Waals surface area contributed by atoms with E-state index in [0.717, 1.165) is 87.0 Å². The van der Waals surface area contributed by atoms with Gasteiger partial charge in [-0.25, -0.2) is 4.68 Å². The maximum Gasteiger partial charge on any atom is 0.231 e. The number of ether oxygens (including phenoxy) is 1. The van der Waals surface area contributed by atoms with Crippen molar-refractivity contribution in [1.82, 2.24) is 19.9 Å². The third-order valence-corrected chi connectivity index (χ3v) is 8.51. The van der Waals surface area contributed by atoms with Gasteiger partial charge in [-0.15, -0.1) is 5.10 Å². The molecule has 7 rings (SSSR count). The largest absolute Gasteiger partial charge is 0.495 e. The minimum Gasteiger partial charge on any atom is -0.495 e. The molecule has 1 amide bonds. The number of piperidine rings is 3. The SMILES string of the molecule is COc1ccccc1N1CCN(C(=O)[C@H]2C[NH+]3CC[C@@H]2C[C@@H]3Cn2cc(-c3cccc(N)c3)nn2)CC1. The average Bonchev–Trinajstić information content (AvgIpc) is 3.41. The molecule has 9 nitrogen and oxygen atoms in total. The molecular formula is C28H36N7O2+. The summed E-state index contributed by atoms with van der Waals surface area (Å²) in [4.78, 5) is 19.6. The number of anilines is 2. The molecule has 0 spiro atoms. The summed E-state index contributed by atoms with van der Waals surface area (Å²) in [6.45, 7) is 6.11. The molecule has 0 radical (unpaired) electrons. The van der Waals surface area contributed by atoms with Crippen molar-refractivity contribution in [2.75, 3.05) is 57.0 Å². The molecule has 1 aromatic heterocycles. The van der Waals surface area contributed by atoms with Crippen LogP contribution in [0.4, 0.5) is 11.4 Å². The van der Waals surface area contributed by atoms with Crippen molar-refractivity contribution in [2.45, 2.75) is 25.4 Å². The van der Waals surface area contributed by atoms with E-state index in [1.54, 1.807) is 7.11 Å². The molecule has 3 aromatic rings. The Bertz CT molecular complexity index is 1250. The van der Waals surface area contributed by atoms with E-state index in [1.807, 2.05) is 53.3 Å². The van der Waals surface area contributed by atoms with Crippen molar-refractivity contribution in [2.24, 2.45) is 11.8 Å². The van der Waals surface area contributed by atoms with Gasteiger partial charge in [0.2, 0.25) is 5.91 Å². The van der Waals surface area contributed by atoms with Gasteiger partial charge in [-0.05, 0) is 30.2 Å². The highest BCUT2D eigenvalue weighted by atomic mass is 16.5. The van der Waals surface area contributed by atoms with Crippen LogP contribution in [-0.4, -0.2) is 78.2 Å². The molecule has 4 aliphatic rings. The monoisotopic (exact) mass is 502 g/mol. The Kier molecular flexibility index (Phi) is 6.46. The van der Waals surface area contributed by atoms with Crippen LogP contribution in [0.5, 0.6) is 5.75 Å². The van der Waals surface area contributed by atoms with E-state index in [1.165, 1.54) is 4.90 Å². The number of para-hydroxylation sites is 2. The van der Waals surface area contributed by atoms with Gasteiger partial charge in [-0.3, -0.25) is 4.79 Å². The predicted octanol–water partition coefficient (Wildman–Crippen LogP) is 1.18. The van der Waals surface area contributed by atoms with E-state index >= 15 is 0 Å². The highest BCUT2D eigenvalue weighted by Gasteiger charge is 2.48. The van der Waals surface area contributed by atoms with Crippen molar-refractivity contribution >= 4 is 17.3 Å². The molecule has 9 heteroatoms. The van der Waals surface area contributed by atoms with Crippen molar-refractivity contribution in [3.8, 4) is 17.0 Å². The quantitative estimate of drug-likeness (QED) is 0.492. The Labute approximate surface area is 217 Å². The number of nitrogens with zero attached hydrogens (tertiary/aromatic N) is 5. The third-order valence-electron chi connectivity index (χ3n) is 8.51. The summed E-state index contributed by atoms with van der Waals surface area (Å²) >= 11 is 0. The lowest BCUT2D eigenvalue weighted by Gasteiger charge is -2.47. The number of rotatable bonds is 6. The number of fused-ring (bicyclic) bond motifs is 3. The number of hydrogen-bond donors (Lipinski definition) is 2. The van der Waals surface area contributed by atoms with Crippen LogP contribution in [-0.2, 0) is 11.3 Å². The minimum absolute atomic E-state index is 0.136. The number of carbonyl (C=O) groups excluding carboxylic acids is 1. The number of nitrogens with two attached hydrogens (primary N) is 1. The van der Waals surface area contributed by atoms with Gasteiger partial charge in [-0.1, -0.05) is 29.5 Å². The van der Waals surface area contributed by atoms with Gasteiger partial charge in [0.15, 0.2) is 0 Å². The third kappa shape index (κ3) is 4.75. The molecule has 0 aliphatic carbocycles. The molecule has 2 bridgehead atoms. The van der Waals surface area contributed by atoms with Gasteiger partial charge in [0.05, 0.1) is 44.5 Å². The second-order valence-electron chi connectivity index (χ2n) is 10.6. The smallest absolute Gasteiger partial charge is 0.231 e. The molecule has 5 heterocycles. The topological polar surface area (TPSA) is 94.0 Å². The number of hydrogen-bond acceptors (Lipinski definition) is 6. The Hall–Kier alpha value is -3.59. The molecule has 1 unspecified atom stereocenters. The van der Waals surface area contributed by atoms with Crippen LogP contribution in [0.15, 0.2) is 54.7 Å². The van der Waals surface area contributed by atoms with Crippen LogP contribution in [0.2, 0.25) is 0 Å². The first-order chi connectivity index (χ1) is 18.1. The van der Waals surface area contributed by atoms with E-state index in [-0.39, 0.29) is 5.92 Å². The van der Waals surface area contributed by atoms with Crippen LogP contribution < -0.4 is 20.3 Å². The number of carbonyl (C=O) groups is 1. The molecule has 37 heavy (non-hydrogen) atoms. The number of amides is 1. The normalized spacial score (nSPS) is 25.3. The van der Waals surface area contributed by atoms with Crippen LogP contribution in [0.1, 0.15) is 12.8 Å². The summed E-state index contributed by atoms with van der Waals surface area (Å²) in [5.74, 6) is 1.84. The number of nitrogens with one attached hydrogen (secondary N) is 1. The van der Waals surface area contributed by atoms with E-state index < -0.39 is 0 Å². The molecule has 3 N–H and O–H groups in total. The van der Waals surface area contributed by atoms with E-state index in [4.69, 9.17) is 10.5 Å². The Morgan fingerprint density at radius 3 is 2.73 bits per heavy atom. The number of nitrogen functional groups attached to an aromatic ring is 1. The van der Waals surface area contributed by atoms with Crippen molar-refractivity contribution < 1.29 is 14.4 Å². The lowest BCUT2D eigenvalue weighted by Crippen LogP contribution is -3.20. The Balaban J connectivity index is 1.05. The summed E-state index contributed by atoms with van der Waals surface area (Å²) < 4.78 is 7.51. The summed E-state index contributed by atoms with van der Waals surface area (Å²) in [7, 11) is 1.71. The maximum atomic E-state index is 13.6. The average molecular weight is 503 g/mol. The fourth-order valence-corrected chi connectivity index (χ4v) is 6.54. The zero-order valence-corrected chi connectivity index (χ0v) is 21.4. The summed E-state index contributed by atoms with van der Waals surface area (Å²) in [6, 6.07) is 16.4. The van der Waals surface area contributed by atoms with Crippen molar-refractivity contribution in [3.63, 3.8) is 0 Å². The fraction of sp³-hybridized carbons (Fsp3) is 0.464. The second-order valence-corrected chi connectivity index (χ2v) is 10.6. The van der Waals surface area contributed by atoms with Gasteiger partial charge in [0, 0.05) is 50.3 Å². The highest BCUT2D eigenvalue weighted by Crippen LogP contribution is 2.31. The van der Waals surface area contributed by atoms with Crippen LogP contribution in [0.25, 0.3) is 11.3 Å². The molecule has 4 saturated heterocycles. The molecule has 194 valence electrons. The molecule has 4 atom stereocenters. The zero-order valence-electron chi connectivity index (χ0n) is 21.4. The Morgan fingerprint density at radius 2 is 1.97 bits per heavy atom. The van der Waals surface area contributed by atoms with Crippen molar-refractivity contribution in [3.05, 3.63) is 54.7 Å². The van der Waals surface area contributed by atoms with Crippen LogP contribution >= 0.6 is 0 Å². The van der Waals surface area contributed by atoms with E-state index in [9.17, 15) is 4.79 Å². The molecule has 4 aliphatic heterocycles. The summed E-state index contributed by atoms with van der Waals surface area (Å²) in [5, 5.41) is 8.77. The van der Waals surface area contributed by atoms with Gasteiger partial charge in [0.25, 0.3) is 0 Å². The van der Waals surface area contributed by atoms with E-state index in [0.29, 0.717) is 17.9 Å². The summed E-state index contributed by atoms with van der Waals surface area (Å²) in [5.41, 5.74) is 9.60. The Morgan fingerprint density at radius 1 is 1.14 bits per heavy atom. The lowest BCUT2D eigenvalue weighted by molar-refractivity contribution is -0.945. The van der Waals surface area contributed by atoms with Gasteiger partial charge < -0.3 is 25.2 Å². The highest BCUT2D eigenvalue weighted by molar-refractivity contribution is 5.80. The number of benzene rings is 2. The minimum atomic E-state index is 0.136. The lowest BCUT2D eigenvalue weighted by atomic mass is 9.75.